The average Bonchev–Trinajstić information content (AvgIpc) is 3.00. The highest BCUT2D eigenvalue weighted by molar-refractivity contribution is 5.98. The standard InChI is InChI=1S/C21H20N4O2/c1-15-14-19(16(2)25(15)18-9-4-3-5-10-18)21(27)24-23-20(26)12-11-17-8-6-7-13-22-17/h3-14H,1-2H3,(H,23,26)(H,24,27). The molecule has 3 aromatic rings. The molecule has 0 bridgehead atoms. The lowest BCUT2D eigenvalue weighted by Gasteiger charge is -2.10. The van der Waals surface area contributed by atoms with Gasteiger partial charge in [0, 0.05) is 29.3 Å². The highest BCUT2D eigenvalue weighted by Gasteiger charge is 2.16. The van der Waals surface area contributed by atoms with Crippen LogP contribution in [0.4, 0.5) is 0 Å². The Morgan fingerprint density at radius 3 is 2.44 bits per heavy atom. The number of nitrogens with zero attached hydrogens (tertiary/aromatic N) is 2. The number of hydrogen-bond donors (Lipinski definition) is 2. The van der Waals surface area contributed by atoms with Crippen LogP contribution in [0.2, 0.25) is 0 Å². The van der Waals surface area contributed by atoms with E-state index in [4.69, 9.17) is 0 Å². The highest BCUT2D eigenvalue weighted by atomic mass is 16.2. The number of nitrogens with one attached hydrogen (secondary N) is 2. The maximum Gasteiger partial charge on any atom is 0.271 e. The highest BCUT2D eigenvalue weighted by Crippen LogP contribution is 2.20. The molecule has 0 spiro atoms. The van der Waals surface area contributed by atoms with Crippen molar-refractivity contribution in [3.8, 4) is 5.69 Å². The van der Waals surface area contributed by atoms with Crippen molar-refractivity contribution in [2.24, 2.45) is 0 Å². The zero-order chi connectivity index (χ0) is 19.2. The Morgan fingerprint density at radius 1 is 1.00 bits per heavy atom. The van der Waals surface area contributed by atoms with E-state index in [9.17, 15) is 9.59 Å². The van der Waals surface area contributed by atoms with Gasteiger partial charge < -0.3 is 4.57 Å². The van der Waals surface area contributed by atoms with Crippen LogP contribution in [-0.4, -0.2) is 21.4 Å². The zero-order valence-electron chi connectivity index (χ0n) is 15.1. The topological polar surface area (TPSA) is 76.0 Å². The van der Waals surface area contributed by atoms with E-state index >= 15 is 0 Å². The first-order valence-electron chi connectivity index (χ1n) is 8.50. The van der Waals surface area contributed by atoms with Gasteiger partial charge in [0.25, 0.3) is 11.8 Å². The van der Waals surface area contributed by atoms with E-state index in [2.05, 4.69) is 15.8 Å². The number of amides is 2. The first-order valence-corrected chi connectivity index (χ1v) is 8.50. The predicted octanol–water partition coefficient (Wildman–Crippen LogP) is 2.96. The minimum absolute atomic E-state index is 0.370. The molecule has 2 N–H and O–H groups in total. The largest absolute Gasteiger partial charge is 0.318 e. The van der Waals surface area contributed by atoms with Crippen LogP contribution in [0.25, 0.3) is 11.8 Å². The average molecular weight is 360 g/mol. The Balaban J connectivity index is 1.67. The zero-order valence-corrected chi connectivity index (χ0v) is 15.1. The van der Waals surface area contributed by atoms with Crippen LogP contribution in [0, 0.1) is 13.8 Å². The molecule has 0 unspecified atom stereocenters. The molecule has 136 valence electrons. The number of hydrazine groups is 1. The molecule has 0 fully saturated rings. The maximum atomic E-state index is 12.5. The van der Waals surface area contributed by atoms with Crippen molar-refractivity contribution < 1.29 is 9.59 Å². The lowest BCUT2D eigenvalue weighted by Crippen LogP contribution is -2.40. The van der Waals surface area contributed by atoms with E-state index in [0.29, 0.717) is 11.3 Å². The van der Waals surface area contributed by atoms with Gasteiger partial charge in [0.15, 0.2) is 0 Å². The van der Waals surface area contributed by atoms with Crippen molar-refractivity contribution in [2.75, 3.05) is 0 Å². The third-order valence-corrected chi connectivity index (χ3v) is 4.08. The molecular formula is C21H20N4O2. The number of para-hydroxylation sites is 1. The number of aromatic nitrogens is 2. The summed E-state index contributed by atoms with van der Waals surface area (Å²) in [6.45, 7) is 3.81. The molecule has 0 aliphatic rings. The number of benzene rings is 1. The van der Waals surface area contributed by atoms with Crippen LogP contribution < -0.4 is 10.9 Å². The second kappa shape index (κ2) is 8.14. The normalized spacial score (nSPS) is 10.7. The van der Waals surface area contributed by atoms with E-state index < -0.39 is 5.91 Å². The van der Waals surface area contributed by atoms with Crippen LogP contribution in [0.1, 0.15) is 27.4 Å². The molecule has 0 aliphatic carbocycles. The van der Waals surface area contributed by atoms with Gasteiger partial charge in [-0.1, -0.05) is 24.3 Å². The first kappa shape index (κ1) is 18.1. The molecule has 6 heteroatoms. The second-order valence-electron chi connectivity index (χ2n) is 5.99. The maximum absolute atomic E-state index is 12.5. The Kier molecular flexibility index (Phi) is 5.47. The van der Waals surface area contributed by atoms with E-state index in [1.165, 1.54) is 6.08 Å². The predicted molar refractivity (Wildman–Crippen MR) is 104 cm³/mol. The van der Waals surface area contributed by atoms with Crippen molar-refractivity contribution >= 4 is 17.9 Å². The molecule has 2 aromatic heterocycles. The van der Waals surface area contributed by atoms with E-state index in [0.717, 1.165) is 17.1 Å². The van der Waals surface area contributed by atoms with Gasteiger partial charge in [-0.05, 0) is 50.3 Å². The number of hydrogen-bond acceptors (Lipinski definition) is 3. The van der Waals surface area contributed by atoms with E-state index in [1.54, 1.807) is 30.5 Å². The van der Waals surface area contributed by atoms with Crippen LogP contribution in [0.15, 0.2) is 66.9 Å². The van der Waals surface area contributed by atoms with Crippen molar-refractivity contribution in [1.29, 1.82) is 0 Å². The van der Waals surface area contributed by atoms with Crippen molar-refractivity contribution in [3.05, 3.63) is 89.5 Å². The summed E-state index contributed by atoms with van der Waals surface area (Å²) in [5.74, 6) is -0.810. The lowest BCUT2D eigenvalue weighted by molar-refractivity contribution is -0.117. The van der Waals surface area contributed by atoms with Crippen molar-refractivity contribution in [1.82, 2.24) is 20.4 Å². The molecule has 0 radical (unpaired) electrons. The van der Waals surface area contributed by atoms with Gasteiger partial charge in [-0.3, -0.25) is 25.4 Å². The van der Waals surface area contributed by atoms with Gasteiger partial charge in [-0.25, -0.2) is 0 Å². The van der Waals surface area contributed by atoms with E-state index in [1.807, 2.05) is 54.8 Å². The number of rotatable bonds is 4. The molecule has 2 amide bonds. The van der Waals surface area contributed by atoms with Gasteiger partial charge in [-0.15, -0.1) is 0 Å². The van der Waals surface area contributed by atoms with Crippen LogP contribution >= 0.6 is 0 Å². The number of pyridine rings is 1. The molecule has 2 heterocycles. The third kappa shape index (κ3) is 4.30. The summed E-state index contributed by atoms with van der Waals surface area (Å²) in [5, 5.41) is 0. The molecule has 3 rings (SSSR count). The molecule has 6 nitrogen and oxygen atoms in total. The molecule has 1 aromatic carbocycles. The van der Waals surface area contributed by atoms with Crippen LogP contribution in [0.5, 0.6) is 0 Å². The summed E-state index contributed by atoms with van der Waals surface area (Å²) >= 11 is 0. The van der Waals surface area contributed by atoms with Gasteiger partial charge in [0.2, 0.25) is 0 Å². The molecule has 0 aliphatic heterocycles. The van der Waals surface area contributed by atoms with Crippen LogP contribution in [-0.2, 0) is 4.79 Å². The van der Waals surface area contributed by atoms with Crippen molar-refractivity contribution in [3.63, 3.8) is 0 Å². The van der Waals surface area contributed by atoms with Gasteiger partial charge in [-0.2, -0.15) is 0 Å². The first-order chi connectivity index (χ1) is 13.1. The molecule has 27 heavy (non-hydrogen) atoms. The molecule has 0 saturated carbocycles. The summed E-state index contributed by atoms with van der Waals surface area (Å²) in [5.41, 5.74) is 8.71. The smallest absolute Gasteiger partial charge is 0.271 e. The van der Waals surface area contributed by atoms with Crippen molar-refractivity contribution in [2.45, 2.75) is 13.8 Å². The van der Waals surface area contributed by atoms with Gasteiger partial charge >= 0.3 is 0 Å². The van der Waals surface area contributed by atoms with Crippen LogP contribution in [0.3, 0.4) is 0 Å². The quantitative estimate of drug-likeness (QED) is 0.555. The summed E-state index contributed by atoms with van der Waals surface area (Å²) < 4.78 is 2.00. The number of aryl methyl sites for hydroxylation is 1. The minimum atomic E-state index is -0.439. The Hall–Kier alpha value is -3.67. The Bertz CT molecular complexity index is 976. The Morgan fingerprint density at radius 2 is 1.74 bits per heavy atom. The minimum Gasteiger partial charge on any atom is -0.318 e. The summed E-state index contributed by atoms with van der Waals surface area (Å²) in [6, 6.07) is 17.0. The summed E-state index contributed by atoms with van der Waals surface area (Å²) in [6.07, 6.45) is 4.53. The number of carbonyl (C=O) groups excluding carboxylic acids is 2. The fourth-order valence-electron chi connectivity index (χ4n) is 2.83. The number of carbonyl (C=O) groups is 2. The molecule has 0 atom stereocenters. The molecule has 0 saturated heterocycles. The Labute approximate surface area is 157 Å². The fraction of sp³-hybridized carbons (Fsp3) is 0.0952. The van der Waals surface area contributed by atoms with Gasteiger partial charge in [0.05, 0.1) is 11.3 Å². The summed E-state index contributed by atoms with van der Waals surface area (Å²) in [7, 11) is 0. The summed E-state index contributed by atoms with van der Waals surface area (Å²) in [4.78, 5) is 28.4. The fourth-order valence-corrected chi connectivity index (χ4v) is 2.83. The third-order valence-electron chi connectivity index (χ3n) is 4.08. The molecular weight excluding hydrogens is 340 g/mol. The van der Waals surface area contributed by atoms with Gasteiger partial charge in [0.1, 0.15) is 0 Å². The van der Waals surface area contributed by atoms with E-state index in [-0.39, 0.29) is 5.91 Å². The lowest BCUT2D eigenvalue weighted by atomic mass is 10.2. The SMILES string of the molecule is Cc1cc(C(=O)NNC(=O)C=Cc2ccccn2)c(C)n1-c1ccccc1. The second-order valence-corrected chi connectivity index (χ2v) is 5.99. The monoisotopic (exact) mass is 360 g/mol.